The first-order valence-corrected chi connectivity index (χ1v) is 6.21. The van der Waals surface area contributed by atoms with E-state index in [4.69, 9.17) is 9.47 Å². The lowest BCUT2D eigenvalue weighted by Crippen LogP contribution is -2.11. The standard InChI is InChI=1S/C14H14N2O3/c1-2-18-14(17)13-12(19-13)10-5-3-6-11(9-10)16-8-4-7-15-16/h3-9,12-13H,2H2,1H3. The van der Waals surface area contributed by atoms with Crippen molar-refractivity contribution >= 4 is 5.97 Å². The van der Waals surface area contributed by atoms with E-state index < -0.39 is 6.10 Å². The van der Waals surface area contributed by atoms with Crippen molar-refractivity contribution in [1.82, 2.24) is 9.78 Å². The first kappa shape index (κ1) is 11.9. The molecule has 2 heterocycles. The van der Waals surface area contributed by atoms with Crippen molar-refractivity contribution in [2.24, 2.45) is 0 Å². The van der Waals surface area contributed by atoms with Crippen LogP contribution in [0.5, 0.6) is 0 Å². The fourth-order valence-electron chi connectivity index (χ4n) is 2.04. The molecule has 2 aromatic rings. The van der Waals surface area contributed by atoms with Crippen LogP contribution in [0.25, 0.3) is 5.69 Å². The second-order valence-corrected chi connectivity index (χ2v) is 4.27. The van der Waals surface area contributed by atoms with E-state index in [1.165, 1.54) is 0 Å². The van der Waals surface area contributed by atoms with Crippen LogP contribution in [0, 0.1) is 0 Å². The number of esters is 1. The molecule has 0 N–H and O–H groups in total. The van der Waals surface area contributed by atoms with E-state index in [2.05, 4.69) is 5.10 Å². The number of hydrogen-bond acceptors (Lipinski definition) is 4. The van der Waals surface area contributed by atoms with E-state index in [0.717, 1.165) is 11.3 Å². The number of aromatic nitrogens is 2. The van der Waals surface area contributed by atoms with Gasteiger partial charge in [-0.1, -0.05) is 12.1 Å². The van der Waals surface area contributed by atoms with E-state index >= 15 is 0 Å². The molecule has 3 rings (SSSR count). The summed E-state index contributed by atoms with van der Waals surface area (Å²) in [7, 11) is 0. The Morgan fingerprint density at radius 2 is 2.37 bits per heavy atom. The summed E-state index contributed by atoms with van der Waals surface area (Å²) in [6.07, 6.45) is 2.93. The van der Waals surface area contributed by atoms with Crippen LogP contribution in [0.4, 0.5) is 0 Å². The third-order valence-electron chi connectivity index (χ3n) is 2.98. The number of epoxide rings is 1. The van der Waals surface area contributed by atoms with Crippen LogP contribution >= 0.6 is 0 Å². The Labute approximate surface area is 110 Å². The van der Waals surface area contributed by atoms with Gasteiger partial charge in [-0.15, -0.1) is 0 Å². The molecule has 0 spiro atoms. The Morgan fingerprint density at radius 1 is 1.47 bits per heavy atom. The van der Waals surface area contributed by atoms with Crippen molar-refractivity contribution in [1.29, 1.82) is 0 Å². The molecule has 2 atom stereocenters. The molecule has 0 amide bonds. The number of nitrogens with zero attached hydrogens (tertiary/aromatic N) is 2. The predicted molar refractivity (Wildman–Crippen MR) is 67.8 cm³/mol. The van der Waals surface area contributed by atoms with Gasteiger partial charge in [0, 0.05) is 12.4 Å². The minimum absolute atomic E-state index is 0.199. The molecule has 5 nitrogen and oxygen atoms in total. The van der Waals surface area contributed by atoms with Gasteiger partial charge in [-0.3, -0.25) is 0 Å². The van der Waals surface area contributed by atoms with Crippen molar-refractivity contribution in [3.63, 3.8) is 0 Å². The molecule has 1 aromatic heterocycles. The van der Waals surface area contributed by atoms with E-state index in [9.17, 15) is 4.79 Å². The van der Waals surface area contributed by atoms with Crippen LogP contribution in [-0.4, -0.2) is 28.5 Å². The minimum atomic E-state index is -0.465. The molecule has 98 valence electrons. The van der Waals surface area contributed by atoms with Crippen molar-refractivity contribution in [3.8, 4) is 5.69 Å². The zero-order valence-corrected chi connectivity index (χ0v) is 10.5. The van der Waals surface area contributed by atoms with Crippen LogP contribution in [0.15, 0.2) is 42.7 Å². The average Bonchev–Trinajstić information content (AvgIpc) is 3.05. The maximum absolute atomic E-state index is 11.5. The summed E-state index contributed by atoms with van der Waals surface area (Å²) in [6.45, 7) is 2.16. The van der Waals surface area contributed by atoms with Crippen LogP contribution < -0.4 is 0 Å². The smallest absolute Gasteiger partial charge is 0.338 e. The molecule has 1 aromatic carbocycles. The monoisotopic (exact) mass is 258 g/mol. The van der Waals surface area contributed by atoms with Crippen molar-refractivity contribution in [2.75, 3.05) is 6.61 Å². The van der Waals surface area contributed by atoms with Crippen molar-refractivity contribution < 1.29 is 14.3 Å². The molecule has 1 saturated heterocycles. The van der Waals surface area contributed by atoms with E-state index in [0.29, 0.717) is 6.61 Å². The molecule has 5 heteroatoms. The molecule has 0 aliphatic carbocycles. The second-order valence-electron chi connectivity index (χ2n) is 4.27. The van der Waals surface area contributed by atoms with E-state index in [1.807, 2.05) is 36.5 Å². The van der Waals surface area contributed by atoms with Crippen LogP contribution in [0.3, 0.4) is 0 Å². The molecule has 0 radical (unpaired) electrons. The summed E-state index contributed by atoms with van der Waals surface area (Å²) >= 11 is 0. The molecular formula is C14H14N2O3. The fourth-order valence-corrected chi connectivity index (χ4v) is 2.04. The van der Waals surface area contributed by atoms with Gasteiger partial charge >= 0.3 is 5.97 Å². The van der Waals surface area contributed by atoms with Gasteiger partial charge in [0.05, 0.1) is 12.3 Å². The molecule has 2 unspecified atom stereocenters. The van der Waals surface area contributed by atoms with Gasteiger partial charge < -0.3 is 9.47 Å². The number of rotatable bonds is 4. The summed E-state index contributed by atoms with van der Waals surface area (Å²) < 4.78 is 12.1. The molecule has 0 saturated carbocycles. The van der Waals surface area contributed by atoms with Gasteiger partial charge in [-0.25, -0.2) is 9.48 Å². The summed E-state index contributed by atoms with van der Waals surface area (Å²) in [6, 6.07) is 9.66. The number of hydrogen-bond donors (Lipinski definition) is 0. The van der Waals surface area contributed by atoms with Gasteiger partial charge in [-0.2, -0.15) is 5.10 Å². The third-order valence-corrected chi connectivity index (χ3v) is 2.98. The normalized spacial score (nSPS) is 21.1. The Balaban J connectivity index is 1.77. The highest BCUT2D eigenvalue weighted by Gasteiger charge is 2.47. The lowest BCUT2D eigenvalue weighted by atomic mass is 10.1. The highest BCUT2D eigenvalue weighted by Crippen LogP contribution is 2.39. The molecule has 0 bridgehead atoms. The number of carbonyl (C=O) groups is 1. The van der Waals surface area contributed by atoms with Crippen molar-refractivity contribution in [2.45, 2.75) is 19.1 Å². The Bertz CT molecular complexity index is 580. The molecule has 1 aliphatic heterocycles. The van der Waals surface area contributed by atoms with Gasteiger partial charge in [0.25, 0.3) is 0 Å². The van der Waals surface area contributed by atoms with Gasteiger partial charge in [0.15, 0.2) is 6.10 Å². The largest absolute Gasteiger partial charge is 0.464 e. The average molecular weight is 258 g/mol. The zero-order valence-electron chi connectivity index (χ0n) is 10.5. The molecule has 1 aliphatic rings. The second kappa shape index (κ2) is 4.85. The molecule has 1 fully saturated rings. The minimum Gasteiger partial charge on any atom is -0.464 e. The molecule has 19 heavy (non-hydrogen) atoms. The third kappa shape index (κ3) is 2.37. The highest BCUT2D eigenvalue weighted by molar-refractivity contribution is 5.78. The molecular weight excluding hydrogens is 244 g/mol. The summed E-state index contributed by atoms with van der Waals surface area (Å²) in [5.74, 6) is -0.294. The maximum atomic E-state index is 11.5. The summed E-state index contributed by atoms with van der Waals surface area (Å²) in [5, 5.41) is 4.18. The first-order chi connectivity index (χ1) is 9.29. The Morgan fingerprint density at radius 3 is 3.11 bits per heavy atom. The number of ether oxygens (including phenoxy) is 2. The van der Waals surface area contributed by atoms with Crippen LogP contribution in [-0.2, 0) is 14.3 Å². The quantitative estimate of drug-likeness (QED) is 0.620. The summed E-state index contributed by atoms with van der Waals surface area (Å²) in [4.78, 5) is 11.5. The zero-order chi connectivity index (χ0) is 13.2. The highest BCUT2D eigenvalue weighted by atomic mass is 16.6. The lowest BCUT2D eigenvalue weighted by molar-refractivity contribution is -0.144. The maximum Gasteiger partial charge on any atom is 0.338 e. The van der Waals surface area contributed by atoms with Gasteiger partial charge in [-0.05, 0) is 30.7 Å². The summed E-state index contributed by atoms with van der Waals surface area (Å²) in [5.41, 5.74) is 1.91. The fraction of sp³-hybridized carbons (Fsp3) is 0.286. The topological polar surface area (TPSA) is 56.6 Å². The van der Waals surface area contributed by atoms with E-state index in [1.54, 1.807) is 17.8 Å². The Hall–Kier alpha value is -2.14. The van der Waals surface area contributed by atoms with E-state index in [-0.39, 0.29) is 12.1 Å². The number of carbonyl (C=O) groups excluding carboxylic acids is 1. The van der Waals surface area contributed by atoms with Crippen LogP contribution in [0.2, 0.25) is 0 Å². The lowest BCUT2D eigenvalue weighted by Gasteiger charge is -2.03. The SMILES string of the molecule is CCOC(=O)C1OC1c1cccc(-n2cccn2)c1. The van der Waals surface area contributed by atoms with Crippen LogP contribution in [0.1, 0.15) is 18.6 Å². The van der Waals surface area contributed by atoms with Gasteiger partial charge in [0.1, 0.15) is 6.10 Å². The Kier molecular flexibility index (Phi) is 3.05. The van der Waals surface area contributed by atoms with Crippen molar-refractivity contribution in [3.05, 3.63) is 48.3 Å². The van der Waals surface area contributed by atoms with Gasteiger partial charge in [0.2, 0.25) is 0 Å². The predicted octanol–water partition coefficient (Wildman–Crippen LogP) is 1.88. The first-order valence-electron chi connectivity index (χ1n) is 6.21. The number of benzene rings is 1.